The molecule has 0 fully saturated rings. The molecule has 0 spiro atoms. The molecule has 2 rings (SSSR count). The standard InChI is InChI=1S/C17H21N3O5S.ClH/c1-25-17-13-15(7-8-16(17)20(21)22)26(23,24)19(12-10-18)11-9-14-5-3-2-4-6-14;/h2-8,13H,9-12,18H2,1H3;1H. The molecule has 2 N–H and O–H groups in total. The Kier molecular flexibility index (Phi) is 8.64. The molecule has 0 saturated carbocycles. The second-order valence-electron chi connectivity index (χ2n) is 5.52. The van der Waals surface area contributed by atoms with E-state index in [0.29, 0.717) is 6.42 Å². The normalized spacial score (nSPS) is 11.1. The van der Waals surface area contributed by atoms with Crippen LogP contribution < -0.4 is 10.5 Å². The zero-order valence-corrected chi connectivity index (χ0v) is 16.4. The molecule has 148 valence electrons. The van der Waals surface area contributed by atoms with Crippen LogP contribution in [-0.4, -0.2) is 44.4 Å². The molecule has 2 aromatic rings. The summed E-state index contributed by atoms with van der Waals surface area (Å²) >= 11 is 0. The summed E-state index contributed by atoms with van der Waals surface area (Å²) in [6, 6.07) is 13.0. The fourth-order valence-corrected chi connectivity index (χ4v) is 3.98. The number of nitro benzene ring substituents is 1. The number of nitrogens with two attached hydrogens (primary N) is 1. The Labute approximate surface area is 164 Å². The number of nitro groups is 1. The monoisotopic (exact) mass is 415 g/mol. The Morgan fingerprint density at radius 1 is 1.15 bits per heavy atom. The second kappa shape index (κ2) is 10.2. The van der Waals surface area contributed by atoms with Gasteiger partial charge in [0.25, 0.3) is 0 Å². The summed E-state index contributed by atoms with van der Waals surface area (Å²) in [5, 5.41) is 11.0. The maximum Gasteiger partial charge on any atom is 0.310 e. The lowest BCUT2D eigenvalue weighted by molar-refractivity contribution is -0.385. The Balaban J connectivity index is 0.00000364. The average Bonchev–Trinajstić information content (AvgIpc) is 2.65. The molecule has 0 heterocycles. The Morgan fingerprint density at radius 2 is 1.81 bits per heavy atom. The van der Waals surface area contributed by atoms with Crippen molar-refractivity contribution in [2.45, 2.75) is 11.3 Å². The average molecular weight is 416 g/mol. The predicted octanol–water partition coefficient (Wildman–Crippen LogP) is 2.22. The maximum atomic E-state index is 12.9. The van der Waals surface area contributed by atoms with Crippen LogP contribution in [0.1, 0.15) is 5.56 Å². The van der Waals surface area contributed by atoms with Crippen LogP contribution in [-0.2, 0) is 16.4 Å². The number of hydrogen-bond donors (Lipinski definition) is 1. The first-order valence-electron chi connectivity index (χ1n) is 7.96. The first-order chi connectivity index (χ1) is 12.4. The SMILES string of the molecule is COc1cc(S(=O)(=O)N(CCN)CCc2ccccc2)ccc1[N+](=O)[O-].Cl. The van der Waals surface area contributed by atoms with Crippen molar-refractivity contribution in [2.24, 2.45) is 5.73 Å². The van der Waals surface area contributed by atoms with E-state index >= 15 is 0 Å². The predicted molar refractivity (Wildman–Crippen MR) is 105 cm³/mol. The van der Waals surface area contributed by atoms with E-state index in [9.17, 15) is 18.5 Å². The van der Waals surface area contributed by atoms with E-state index in [-0.39, 0.29) is 48.4 Å². The van der Waals surface area contributed by atoms with Gasteiger partial charge in [-0.2, -0.15) is 4.31 Å². The molecule has 0 aliphatic carbocycles. The lowest BCUT2D eigenvalue weighted by Gasteiger charge is -2.22. The van der Waals surface area contributed by atoms with Crippen molar-refractivity contribution in [3.05, 3.63) is 64.2 Å². The molecule has 0 bridgehead atoms. The largest absolute Gasteiger partial charge is 0.490 e. The number of rotatable bonds is 9. The van der Waals surface area contributed by atoms with Crippen LogP contribution in [0.5, 0.6) is 5.75 Å². The van der Waals surface area contributed by atoms with Gasteiger partial charge in [0.1, 0.15) is 0 Å². The lowest BCUT2D eigenvalue weighted by Crippen LogP contribution is -2.37. The second-order valence-corrected chi connectivity index (χ2v) is 7.46. The smallest absolute Gasteiger partial charge is 0.310 e. The van der Waals surface area contributed by atoms with Gasteiger partial charge >= 0.3 is 5.69 Å². The van der Waals surface area contributed by atoms with Crippen LogP contribution in [0.25, 0.3) is 0 Å². The molecule has 0 amide bonds. The summed E-state index contributed by atoms with van der Waals surface area (Å²) in [6.07, 6.45) is 0.532. The molecule has 0 unspecified atom stereocenters. The van der Waals surface area contributed by atoms with Gasteiger partial charge < -0.3 is 10.5 Å². The molecular weight excluding hydrogens is 394 g/mol. The van der Waals surface area contributed by atoms with Crippen LogP contribution in [0.4, 0.5) is 5.69 Å². The molecular formula is C17H22ClN3O5S. The summed E-state index contributed by atoms with van der Waals surface area (Å²) in [5.41, 5.74) is 6.29. The fourth-order valence-electron chi connectivity index (χ4n) is 2.51. The maximum absolute atomic E-state index is 12.9. The van der Waals surface area contributed by atoms with Gasteiger partial charge in [-0.3, -0.25) is 10.1 Å². The Bertz CT molecular complexity index is 862. The topological polar surface area (TPSA) is 116 Å². The Morgan fingerprint density at radius 3 is 2.37 bits per heavy atom. The molecule has 27 heavy (non-hydrogen) atoms. The number of benzene rings is 2. The molecule has 0 aliphatic rings. The number of hydrogen-bond acceptors (Lipinski definition) is 6. The lowest BCUT2D eigenvalue weighted by atomic mass is 10.1. The van der Waals surface area contributed by atoms with Gasteiger partial charge in [0.15, 0.2) is 5.75 Å². The number of methoxy groups -OCH3 is 1. The van der Waals surface area contributed by atoms with Gasteiger partial charge in [0, 0.05) is 31.8 Å². The van der Waals surface area contributed by atoms with Gasteiger partial charge in [-0.1, -0.05) is 30.3 Å². The summed E-state index contributed by atoms with van der Waals surface area (Å²) in [4.78, 5) is 10.3. The minimum Gasteiger partial charge on any atom is -0.490 e. The molecule has 0 saturated heterocycles. The van der Waals surface area contributed by atoms with E-state index in [1.54, 1.807) is 0 Å². The van der Waals surface area contributed by atoms with Crippen LogP contribution in [0.2, 0.25) is 0 Å². The first-order valence-corrected chi connectivity index (χ1v) is 9.40. The van der Waals surface area contributed by atoms with E-state index < -0.39 is 14.9 Å². The molecule has 0 radical (unpaired) electrons. The minimum atomic E-state index is -3.86. The number of nitrogens with zero attached hydrogens (tertiary/aromatic N) is 2. The van der Waals surface area contributed by atoms with E-state index in [4.69, 9.17) is 10.5 Å². The van der Waals surface area contributed by atoms with E-state index in [0.717, 1.165) is 11.6 Å². The third kappa shape index (κ3) is 5.64. The van der Waals surface area contributed by atoms with Crippen molar-refractivity contribution < 1.29 is 18.1 Å². The number of halogens is 1. The van der Waals surface area contributed by atoms with Gasteiger partial charge in [-0.05, 0) is 18.1 Å². The van der Waals surface area contributed by atoms with Crippen molar-refractivity contribution in [1.82, 2.24) is 4.31 Å². The third-order valence-electron chi connectivity index (χ3n) is 3.86. The highest BCUT2D eigenvalue weighted by Gasteiger charge is 2.26. The van der Waals surface area contributed by atoms with Crippen molar-refractivity contribution in [2.75, 3.05) is 26.7 Å². The molecule has 0 atom stereocenters. The number of sulfonamides is 1. The summed E-state index contributed by atoms with van der Waals surface area (Å²) < 4.78 is 32.1. The van der Waals surface area contributed by atoms with Crippen LogP contribution in [0, 0.1) is 10.1 Å². The van der Waals surface area contributed by atoms with Crippen LogP contribution in [0.15, 0.2) is 53.4 Å². The van der Waals surface area contributed by atoms with Crippen molar-refractivity contribution >= 4 is 28.1 Å². The zero-order valence-electron chi connectivity index (χ0n) is 14.8. The molecule has 0 aliphatic heterocycles. The minimum absolute atomic E-state index is 0. The van der Waals surface area contributed by atoms with Crippen LogP contribution >= 0.6 is 12.4 Å². The fraction of sp³-hybridized carbons (Fsp3) is 0.294. The summed E-state index contributed by atoms with van der Waals surface area (Å²) in [5.74, 6) is -0.105. The van der Waals surface area contributed by atoms with E-state index in [1.165, 1.54) is 23.5 Å². The highest BCUT2D eigenvalue weighted by Crippen LogP contribution is 2.30. The zero-order chi connectivity index (χ0) is 19.2. The summed E-state index contributed by atoms with van der Waals surface area (Å²) in [7, 11) is -2.60. The third-order valence-corrected chi connectivity index (χ3v) is 5.75. The first kappa shape index (κ1) is 22.8. The molecule has 0 aromatic heterocycles. The van der Waals surface area contributed by atoms with Gasteiger partial charge in [0.05, 0.1) is 16.9 Å². The van der Waals surface area contributed by atoms with E-state index in [1.807, 2.05) is 30.3 Å². The van der Waals surface area contributed by atoms with Crippen LogP contribution in [0.3, 0.4) is 0 Å². The van der Waals surface area contributed by atoms with Gasteiger partial charge in [0.2, 0.25) is 10.0 Å². The van der Waals surface area contributed by atoms with Gasteiger partial charge in [-0.25, -0.2) is 8.42 Å². The number of ether oxygens (including phenoxy) is 1. The Hall–Kier alpha value is -2.20. The quantitative estimate of drug-likeness (QED) is 0.495. The van der Waals surface area contributed by atoms with Crippen molar-refractivity contribution in [3.63, 3.8) is 0 Å². The molecule has 10 heteroatoms. The van der Waals surface area contributed by atoms with Crippen molar-refractivity contribution in [1.29, 1.82) is 0 Å². The van der Waals surface area contributed by atoms with Crippen molar-refractivity contribution in [3.8, 4) is 5.75 Å². The molecule has 8 nitrogen and oxygen atoms in total. The van der Waals surface area contributed by atoms with E-state index in [2.05, 4.69) is 0 Å². The molecule has 2 aromatic carbocycles. The highest BCUT2D eigenvalue weighted by atomic mass is 35.5. The summed E-state index contributed by atoms with van der Waals surface area (Å²) in [6.45, 7) is 0.565. The van der Waals surface area contributed by atoms with Gasteiger partial charge in [-0.15, -0.1) is 12.4 Å². The highest BCUT2D eigenvalue weighted by molar-refractivity contribution is 7.89.